The second kappa shape index (κ2) is 7.42. The van der Waals surface area contributed by atoms with Crippen LogP contribution in [0.25, 0.3) is 0 Å². The van der Waals surface area contributed by atoms with Crippen molar-refractivity contribution in [1.29, 1.82) is 0 Å². The molecule has 0 spiro atoms. The van der Waals surface area contributed by atoms with Crippen molar-refractivity contribution in [3.8, 4) is 5.75 Å². The lowest BCUT2D eigenvalue weighted by Gasteiger charge is -2.48. The van der Waals surface area contributed by atoms with E-state index in [2.05, 4.69) is 28.7 Å². The molecule has 1 aromatic carbocycles. The molecule has 1 fully saturated rings. The van der Waals surface area contributed by atoms with E-state index in [1.165, 1.54) is 6.20 Å². The first-order valence-electron chi connectivity index (χ1n) is 9.04. The third-order valence-corrected chi connectivity index (χ3v) is 4.98. The lowest BCUT2D eigenvalue weighted by molar-refractivity contribution is -0.132. The SMILES string of the molecule is COc1ccc(N2CCN(C(=O)Cc3cnc(C)[nH]c3=O)CC2(C)C)cc1. The van der Waals surface area contributed by atoms with Crippen LogP contribution in [-0.4, -0.2) is 53.1 Å². The molecule has 0 unspecified atom stereocenters. The number of hydrogen-bond acceptors (Lipinski definition) is 5. The molecule has 0 radical (unpaired) electrons. The van der Waals surface area contributed by atoms with E-state index in [0.717, 1.165) is 18.0 Å². The highest BCUT2D eigenvalue weighted by atomic mass is 16.5. The molecule has 0 atom stereocenters. The first kappa shape index (κ1) is 18.9. The average molecular weight is 370 g/mol. The van der Waals surface area contributed by atoms with Crippen LogP contribution in [0.3, 0.4) is 0 Å². The second-order valence-corrected chi connectivity index (χ2v) is 7.48. The third kappa shape index (κ3) is 4.13. The first-order valence-corrected chi connectivity index (χ1v) is 9.04. The number of piperazine rings is 1. The number of ether oxygens (including phenoxy) is 1. The molecule has 144 valence electrons. The number of H-pyrrole nitrogens is 1. The number of carbonyl (C=O) groups excluding carboxylic acids is 1. The Morgan fingerprint density at radius 3 is 2.56 bits per heavy atom. The molecule has 0 saturated carbocycles. The normalized spacial score (nSPS) is 16.3. The lowest BCUT2D eigenvalue weighted by atomic mass is 9.97. The molecule has 2 heterocycles. The summed E-state index contributed by atoms with van der Waals surface area (Å²) in [5.74, 6) is 1.32. The highest BCUT2D eigenvalue weighted by Gasteiger charge is 2.35. The van der Waals surface area contributed by atoms with Crippen LogP contribution in [0.4, 0.5) is 5.69 Å². The molecule has 2 aromatic rings. The molecule has 3 rings (SSSR count). The van der Waals surface area contributed by atoms with E-state index >= 15 is 0 Å². The summed E-state index contributed by atoms with van der Waals surface area (Å²) in [7, 11) is 1.65. The quantitative estimate of drug-likeness (QED) is 0.887. The summed E-state index contributed by atoms with van der Waals surface area (Å²) in [6.07, 6.45) is 1.56. The van der Waals surface area contributed by atoms with Gasteiger partial charge in [-0.15, -0.1) is 0 Å². The molecule has 1 saturated heterocycles. The molecule has 1 aliphatic heterocycles. The molecule has 1 aliphatic rings. The van der Waals surface area contributed by atoms with Gasteiger partial charge in [0.2, 0.25) is 5.91 Å². The fraction of sp³-hybridized carbons (Fsp3) is 0.450. The Morgan fingerprint density at radius 2 is 1.96 bits per heavy atom. The van der Waals surface area contributed by atoms with Crippen LogP contribution >= 0.6 is 0 Å². The number of anilines is 1. The number of benzene rings is 1. The smallest absolute Gasteiger partial charge is 0.254 e. The van der Waals surface area contributed by atoms with Crippen LogP contribution in [0.5, 0.6) is 5.75 Å². The van der Waals surface area contributed by atoms with E-state index in [4.69, 9.17) is 4.74 Å². The van der Waals surface area contributed by atoms with Gasteiger partial charge in [0.05, 0.1) is 19.1 Å². The summed E-state index contributed by atoms with van der Waals surface area (Å²) in [5, 5.41) is 0. The molecule has 7 nitrogen and oxygen atoms in total. The standard InChI is InChI=1S/C20H26N4O3/c1-14-21-12-15(19(26)22-14)11-18(25)23-9-10-24(20(2,3)13-23)16-5-7-17(27-4)8-6-16/h5-8,12H,9-11,13H2,1-4H3,(H,21,22,26). The maximum Gasteiger partial charge on any atom is 0.254 e. The van der Waals surface area contributed by atoms with Crippen LogP contribution in [0.2, 0.25) is 0 Å². The second-order valence-electron chi connectivity index (χ2n) is 7.48. The predicted molar refractivity (Wildman–Crippen MR) is 104 cm³/mol. The fourth-order valence-electron chi connectivity index (χ4n) is 3.52. The summed E-state index contributed by atoms with van der Waals surface area (Å²) in [6.45, 7) is 7.90. The van der Waals surface area contributed by atoms with Gasteiger partial charge in [0.1, 0.15) is 11.6 Å². The maximum absolute atomic E-state index is 12.7. The van der Waals surface area contributed by atoms with Gasteiger partial charge in [-0.3, -0.25) is 9.59 Å². The highest BCUT2D eigenvalue weighted by molar-refractivity contribution is 5.79. The Bertz CT molecular complexity index is 874. The number of aromatic nitrogens is 2. The number of nitrogens with one attached hydrogen (secondary N) is 1. The summed E-state index contributed by atoms with van der Waals surface area (Å²) >= 11 is 0. The van der Waals surface area contributed by atoms with Gasteiger partial charge in [-0.1, -0.05) is 0 Å². The fourth-order valence-corrected chi connectivity index (χ4v) is 3.52. The van der Waals surface area contributed by atoms with Gasteiger partial charge >= 0.3 is 0 Å². The van der Waals surface area contributed by atoms with E-state index < -0.39 is 0 Å². The zero-order valence-corrected chi connectivity index (χ0v) is 16.3. The van der Waals surface area contributed by atoms with Crippen molar-refractivity contribution in [2.45, 2.75) is 32.7 Å². The van der Waals surface area contributed by atoms with E-state index in [1.807, 2.05) is 29.2 Å². The van der Waals surface area contributed by atoms with Crippen molar-refractivity contribution in [3.63, 3.8) is 0 Å². The molecule has 1 amide bonds. The number of aromatic amines is 1. The molecule has 1 aromatic heterocycles. The van der Waals surface area contributed by atoms with Gasteiger partial charge in [-0.05, 0) is 45.0 Å². The molecule has 0 bridgehead atoms. The van der Waals surface area contributed by atoms with Crippen molar-refractivity contribution >= 4 is 11.6 Å². The maximum atomic E-state index is 12.7. The van der Waals surface area contributed by atoms with Crippen LogP contribution < -0.4 is 15.2 Å². The monoisotopic (exact) mass is 370 g/mol. The number of nitrogens with zero attached hydrogens (tertiary/aromatic N) is 3. The minimum atomic E-state index is -0.244. The summed E-state index contributed by atoms with van der Waals surface area (Å²) in [5.41, 5.74) is 1.04. The van der Waals surface area contributed by atoms with Crippen LogP contribution in [0, 0.1) is 6.92 Å². The number of rotatable bonds is 4. The highest BCUT2D eigenvalue weighted by Crippen LogP contribution is 2.29. The van der Waals surface area contributed by atoms with Crippen molar-refractivity contribution in [2.75, 3.05) is 31.6 Å². The van der Waals surface area contributed by atoms with Crippen LogP contribution in [0.15, 0.2) is 35.3 Å². The summed E-state index contributed by atoms with van der Waals surface area (Å²) < 4.78 is 5.23. The average Bonchev–Trinajstić information content (AvgIpc) is 2.63. The Labute approximate surface area is 159 Å². The molecule has 27 heavy (non-hydrogen) atoms. The van der Waals surface area contributed by atoms with E-state index in [-0.39, 0.29) is 23.4 Å². The van der Waals surface area contributed by atoms with Crippen molar-refractivity contribution in [3.05, 3.63) is 52.2 Å². The summed E-state index contributed by atoms with van der Waals surface area (Å²) in [6, 6.07) is 7.96. The molecular weight excluding hydrogens is 344 g/mol. The minimum absolute atomic E-state index is 0.0476. The van der Waals surface area contributed by atoms with Gasteiger partial charge in [0.25, 0.3) is 5.56 Å². The Morgan fingerprint density at radius 1 is 1.26 bits per heavy atom. The van der Waals surface area contributed by atoms with Crippen molar-refractivity contribution < 1.29 is 9.53 Å². The van der Waals surface area contributed by atoms with Gasteiger partial charge in [-0.2, -0.15) is 0 Å². The Balaban J connectivity index is 1.70. The zero-order chi connectivity index (χ0) is 19.6. The number of carbonyl (C=O) groups is 1. The zero-order valence-electron chi connectivity index (χ0n) is 16.3. The minimum Gasteiger partial charge on any atom is -0.497 e. The molecule has 7 heteroatoms. The largest absolute Gasteiger partial charge is 0.497 e. The van der Waals surface area contributed by atoms with Crippen molar-refractivity contribution in [2.24, 2.45) is 0 Å². The van der Waals surface area contributed by atoms with E-state index in [9.17, 15) is 9.59 Å². The predicted octanol–water partition coefficient (Wildman–Crippen LogP) is 1.76. The summed E-state index contributed by atoms with van der Waals surface area (Å²) in [4.78, 5) is 35.6. The molecule has 0 aliphatic carbocycles. The molecular formula is C20H26N4O3. The number of amides is 1. The van der Waals surface area contributed by atoms with E-state index in [1.54, 1.807) is 14.0 Å². The van der Waals surface area contributed by atoms with Crippen LogP contribution in [-0.2, 0) is 11.2 Å². The van der Waals surface area contributed by atoms with Crippen molar-refractivity contribution in [1.82, 2.24) is 14.9 Å². The van der Waals surface area contributed by atoms with Gasteiger partial charge < -0.3 is 19.5 Å². The Kier molecular flexibility index (Phi) is 5.21. The number of methoxy groups -OCH3 is 1. The van der Waals surface area contributed by atoms with E-state index in [0.29, 0.717) is 24.5 Å². The van der Waals surface area contributed by atoms with Gasteiger partial charge in [0, 0.05) is 37.1 Å². The number of hydrogen-bond donors (Lipinski definition) is 1. The lowest BCUT2D eigenvalue weighted by Crippen LogP contribution is -2.61. The topological polar surface area (TPSA) is 78.5 Å². The van der Waals surface area contributed by atoms with Gasteiger partial charge in [-0.25, -0.2) is 4.98 Å². The van der Waals surface area contributed by atoms with Crippen LogP contribution in [0.1, 0.15) is 25.2 Å². The third-order valence-electron chi connectivity index (χ3n) is 4.98. The number of aryl methyl sites for hydroxylation is 1. The molecule has 1 N–H and O–H groups in total. The van der Waals surface area contributed by atoms with Gasteiger partial charge in [0.15, 0.2) is 0 Å². The first-order chi connectivity index (χ1) is 12.8. The Hall–Kier alpha value is -2.83.